The Hall–Kier alpha value is -2.57. The normalized spacial score (nSPS) is 15.6. The fourth-order valence-corrected chi connectivity index (χ4v) is 6.67. The standard InChI is InChI=1S/C26H26N2O2S2/c1-3-30-20-12-10-19(11-13-20)28-25(29)23-21-14-9-17(2)15-22(21)32-24(23)27-26(28)31-16-18-7-5-4-6-8-18/h4-8,10-13,17H,3,9,14-16H2,1-2H3. The van der Waals surface area contributed by atoms with Crippen molar-refractivity contribution < 1.29 is 4.74 Å². The van der Waals surface area contributed by atoms with Crippen molar-refractivity contribution in [1.82, 2.24) is 9.55 Å². The van der Waals surface area contributed by atoms with Crippen molar-refractivity contribution in [2.75, 3.05) is 6.61 Å². The molecule has 0 bridgehead atoms. The molecule has 0 amide bonds. The number of benzene rings is 2. The lowest BCUT2D eigenvalue weighted by atomic mass is 9.89. The third-order valence-corrected chi connectivity index (χ3v) is 8.07. The molecule has 6 heteroatoms. The van der Waals surface area contributed by atoms with E-state index in [2.05, 4.69) is 19.1 Å². The molecule has 2 heterocycles. The van der Waals surface area contributed by atoms with Crippen molar-refractivity contribution in [3.05, 3.63) is 81.0 Å². The summed E-state index contributed by atoms with van der Waals surface area (Å²) in [5, 5.41) is 1.55. The van der Waals surface area contributed by atoms with E-state index < -0.39 is 0 Å². The lowest BCUT2D eigenvalue weighted by molar-refractivity contribution is 0.340. The van der Waals surface area contributed by atoms with Gasteiger partial charge in [-0.05, 0) is 67.5 Å². The topological polar surface area (TPSA) is 44.1 Å². The van der Waals surface area contributed by atoms with Crippen LogP contribution in [-0.4, -0.2) is 16.2 Å². The first kappa shape index (κ1) is 21.3. The van der Waals surface area contributed by atoms with Crippen LogP contribution < -0.4 is 10.3 Å². The molecule has 0 aliphatic heterocycles. The average molecular weight is 463 g/mol. The molecule has 0 saturated heterocycles. The minimum atomic E-state index is 0.0433. The predicted molar refractivity (Wildman–Crippen MR) is 134 cm³/mol. The number of aryl methyl sites for hydroxylation is 1. The molecule has 1 unspecified atom stereocenters. The Balaban J connectivity index is 1.64. The van der Waals surface area contributed by atoms with E-state index in [1.54, 1.807) is 27.7 Å². The van der Waals surface area contributed by atoms with Crippen LogP contribution in [0.5, 0.6) is 5.75 Å². The van der Waals surface area contributed by atoms with E-state index in [9.17, 15) is 4.79 Å². The van der Waals surface area contributed by atoms with Gasteiger partial charge in [-0.1, -0.05) is 49.0 Å². The van der Waals surface area contributed by atoms with Gasteiger partial charge in [0, 0.05) is 10.6 Å². The maximum atomic E-state index is 13.9. The maximum absolute atomic E-state index is 13.9. The molecule has 164 valence electrons. The number of hydrogen-bond acceptors (Lipinski definition) is 5. The van der Waals surface area contributed by atoms with Crippen LogP contribution in [0.15, 0.2) is 64.5 Å². The second kappa shape index (κ2) is 9.12. The predicted octanol–water partition coefficient (Wildman–Crippen LogP) is 6.26. The Morgan fingerprint density at radius 3 is 2.69 bits per heavy atom. The van der Waals surface area contributed by atoms with Gasteiger partial charge in [0.25, 0.3) is 5.56 Å². The lowest BCUT2D eigenvalue weighted by Crippen LogP contribution is -2.22. The van der Waals surface area contributed by atoms with Gasteiger partial charge in [-0.15, -0.1) is 11.3 Å². The maximum Gasteiger partial charge on any atom is 0.267 e. The Morgan fingerprint density at radius 2 is 1.94 bits per heavy atom. The molecule has 32 heavy (non-hydrogen) atoms. The molecule has 4 nitrogen and oxygen atoms in total. The Bertz CT molecular complexity index is 1290. The lowest BCUT2D eigenvalue weighted by Gasteiger charge is -2.18. The zero-order valence-electron chi connectivity index (χ0n) is 18.3. The van der Waals surface area contributed by atoms with Crippen LogP contribution >= 0.6 is 23.1 Å². The van der Waals surface area contributed by atoms with Gasteiger partial charge in [0.15, 0.2) is 5.16 Å². The Morgan fingerprint density at radius 1 is 1.16 bits per heavy atom. The molecule has 0 N–H and O–H groups in total. The van der Waals surface area contributed by atoms with Crippen LogP contribution in [0.3, 0.4) is 0 Å². The van der Waals surface area contributed by atoms with Crippen molar-refractivity contribution in [2.45, 2.75) is 44.0 Å². The number of rotatable bonds is 6. The van der Waals surface area contributed by atoms with Gasteiger partial charge >= 0.3 is 0 Å². The molecule has 5 rings (SSSR count). The molecule has 2 aromatic heterocycles. The largest absolute Gasteiger partial charge is 0.494 e. The summed E-state index contributed by atoms with van der Waals surface area (Å²) in [6.07, 6.45) is 3.14. The molecule has 0 saturated carbocycles. The van der Waals surface area contributed by atoms with E-state index in [1.165, 1.54) is 16.0 Å². The van der Waals surface area contributed by atoms with Crippen molar-refractivity contribution in [3.8, 4) is 11.4 Å². The number of ether oxygens (including phenoxy) is 1. The van der Waals surface area contributed by atoms with Gasteiger partial charge in [0.2, 0.25) is 0 Å². The monoisotopic (exact) mass is 462 g/mol. The highest BCUT2D eigenvalue weighted by atomic mass is 32.2. The van der Waals surface area contributed by atoms with Crippen molar-refractivity contribution >= 4 is 33.3 Å². The van der Waals surface area contributed by atoms with Crippen LogP contribution in [0.25, 0.3) is 15.9 Å². The first-order chi connectivity index (χ1) is 15.6. The number of fused-ring (bicyclic) bond motifs is 3. The van der Waals surface area contributed by atoms with Crippen LogP contribution in [0.4, 0.5) is 0 Å². The summed E-state index contributed by atoms with van der Waals surface area (Å²) in [5.74, 6) is 2.23. The molecular weight excluding hydrogens is 436 g/mol. The van der Waals surface area contributed by atoms with Crippen LogP contribution in [0.1, 0.15) is 36.3 Å². The van der Waals surface area contributed by atoms with Gasteiger partial charge in [-0.25, -0.2) is 4.98 Å². The third-order valence-electron chi connectivity index (χ3n) is 5.92. The number of thiophene rings is 1. The zero-order valence-corrected chi connectivity index (χ0v) is 20.0. The smallest absolute Gasteiger partial charge is 0.267 e. The number of nitrogens with zero attached hydrogens (tertiary/aromatic N) is 2. The summed E-state index contributed by atoms with van der Waals surface area (Å²) in [6.45, 7) is 4.87. The average Bonchev–Trinajstić information content (AvgIpc) is 3.17. The SMILES string of the molecule is CCOc1ccc(-n2c(SCc3ccccc3)nc3sc4c(c3c2=O)CCC(C)C4)cc1. The third kappa shape index (κ3) is 4.09. The van der Waals surface area contributed by atoms with E-state index in [0.717, 1.165) is 51.8 Å². The second-order valence-corrected chi connectivity index (χ2v) is 10.3. The molecule has 0 spiro atoms. The number of hydrogen-bond donors (Lipinski definition) is 0. The summed E-state index contributed by atoms with van der Waals surface area (Å²) in [5.41, 5.74) is 3.30. The van der Waals surface area contributed by atoms with Crippen molar-refractivity contribution in [2.24, 2.45) is 5.92 Å². The van der Waals surface area contributed by atoms with E-state index in [1.807, 2.05) is 49.4 Å². The first-order valence-corrected chi connectivity index (χ1v) is 12.9. The van der Waals surface area contributed by atoms with Crippen molar-refractivity contribution in [3.63, 3.8) is 0 Å². The zero-order chi connectivity index (χ0) is 22.1. The van der Waals surface area contributed by atoms with Crippen LogP contribution in [0, 0.1) is 5.92 Å². The molecule has 1 aliphatic rings. The van der Waals surface area contributed by atoms with Crippen molar-refractivity contribution in [1.29, 1.82) is 0 Å². The summed E-state index contributed by atoms with van der Waals surface area (Å²) in [7, 11) is 0. The molecule has 4 aromatic rings. The van der Waals surface area contributed by atoms with Crippen LogP contribution in [-0.2, 0) is 18.6 Å². The second-order valence-electron chi connectivity index (χ2n) is 8.27. The Labute approximate surface area is 196 Å². The summed E-state index contributed by atoms with van der Waals surface area (Å²) >= 11 is 3.32. The van der Waals surface area contributed by atoms with E-state index in [-0.39, 0.29) is 5.56 Å². The highest BCUT2D eigenvalue weighted by Crippen LogP contribution is 2.37. The molecule has 2 aromatic carbocycles. The minimum absolute atomic E-state index is 0.0433. The molecular formula is C26H26N2O2S2. The van der Waals surface area contributed by atoms with E-state index in [4.69, 9.17) is 9.72 Å². The first-order valence-electron chi connectivity index (χ1n) is 11.1. The molecule has 0 fully saturated rings. The van der Waals surface area contributed by atoms with Crippen LogP contribution in [0.2, 0.25) is 0 Å². The Kier molecular flexibility index (Phi) is 6.07. The van der Waals surface area contributed by atoms with Gasteiger partial charge in [0.1, 0.15) is 10.6 Å². The van der Waals surface area contributed by atoms with Gasteiger partial charge in [-0.2, -0.15) is 0 Å². The van der Waals surface area contributed by atoms with Gasteiger partial charge in [0.05, 0.1) is 17.7 Å². The van der Waals surface area contributed by atoms with Gasteiger partial charge in [-0.3, -0.25) is 9.36 Å². The minimum Gasteiger partial charge on any atom is -0.494 e. The summed E-state index contributed by atoms with van der Waals surface area (Å²) < 4.78 is 7.39. The summed E-state index contributed by atoms with van der Waals surface area (Å²) in [6, 6.07) is 18.1. The molecule has 0 radical (unpaired) electrons. The number of aromatic nitrogens is 2. The fraction of sp³-hybridized carbons (Fsp3) is 0.308. The van der Waals surface area contributed by atoms with Gasteiger partial charge < -0.3 is 4.74 Å². The number of thioether (sulfide) groups is 1. The fourth-order valence-electron chi connectivity index (χ4n) is 4.28. The molecule has 1 atom stereocenters. The summed E-state index contributed by atoms with van der Waals surface area (Å²) in [4.78, 5) is 21.1. The highest BCUT2D eigenvalue weighted by molar-refractivity contribution is 7.98. The van der Waals surface area contributed by atoms with E-state index >= 15 is 0 Å². The highest BCUT2D eigenvalue weighted by Gasteiger charge is 2.25. The van der Waals surface area contributed by atoms with E-state index in [0.29, 0.717) is 12.5 Å². The quantitative estimate of drug-likeness (QED) is 0.250. The molecule has 1 aliphatic carbocycles.